The number of carboxylic acid groups (broad SMARTS) is 1. The molecule has 0 spiro atoms. The van der Waals surface area contributed by atoms with Gasteiger partial charge in [0.1, 0.15) is 5.82 Å². The minimum atomic E-state index is -0.767. The fraction of sp³-hybridized carbons (Fsp3) is 0.529. The minimum absolute atomic E-state index is 0.0349. The number of unbranched alkanes of at least 4 members (excludes halogenated alkanes) is 3. The molecule has 1 aromatic rings. The number of hydrazine groups is 1. The molecule has 24 heavy (non-hydrogen) atoms. The summed E-state index contributed by atoms with van der Waals surface area (Å²) in [5.41, 5.74) is 6.92. The molecule has 1 amide bonds. The van der Waals surface area contributed by atoms with Crippen molar-refractivity contribution in [2.75, 3.05) is 13.1 Å². The van der Waals surface area contributed by atoms with E-state index in [1.165, 1.54) is 12.1 Å². The van der Waals surface area contributed by atoms with Crippen LogP contribution in [0, 0.1) is 11.7 Å². The van der Waals surface area contributed by atoms with Gasteiger partial charge in [0.05, 0.1) is 12.0 Å². The summed E-state index contributed by atoms with van der Waals surface area (Å²) >= 11 is 0. The van der Waals surface area contributed by atoms with Crippen LogP contribution >= 0.6 is 0 Å². The number of hydrogen-bond acceptors (Lipinski definition) is 4. The molecule has 2 atom stereocenters. The topological polar surface area (TPSA) is 90.5 Å². The van der Waals surface area contributed by atoms with Crippen LogP contribution in [-0.2, 0) is 9.59 Å². The van der Waals surface area contributed by atoms with Crippen LogP contribution in [0.2, 0.25) is 0 Å². The van der Waals surface area contributed by atoms with E-state index < -0.39 is 5.97 Å². The van der Waals surface area contributed by atoms with Gasteiger partial charge in [-0.25, -0.2) is 9.82 Å². The normalized spacial score (nSPS) is 20.0. The lowest BCUT2D eigenvalue weighted by Gasteiger charge is -2.18. The van der Waals surface area contributed by atoms with Crippen LogP contribution in [0.15, 0.2) is 24.3 Å². The van der Waals surface area contributed by atoms with Crippen molar-refractivity contribution in [3.63, 3.8) is 0 Å². The summed E-state index contributed by atoms with van der Waals surface area (Å²) in [6.07, 6.45) is 3.46. The first-order chi connectivity index (χ1) is 11.6. The monoisotopic (exact) mass is 337 g/mol. The average molecular weight is 337 g/mol. The molecule has 6 nitrogen and oxygen atoms in total. The predicted octanol–water partition coefficient (Wildman–Crippen LogP) is 1.74. The van der Waals surface area contributed by atoms with Gasteiger partial charge < -0.3 is 10.4 Å². The summed E-state index contributed by atoms with van der Waals surface area (Å²) < 4.78 is 13.0. The highest BCUT2D eigenvalue weighted by Crippen LogP contribution is 2.25. The first-order valence-electron chi connectivity index (χ1n) is 8.31. The second kappa shape index (κ2) is 9.34. The highest BCUT2D eigenvalue weighted by molar-refractivity contribution is 5.80. The number of carbonyl (C=O) groups excluding carboxylic acids is 1. The maximum atomic E-state index is 13.0. The fourth-order valence-corrected chi connectivity index (χ4v) is 2.82. The molecule has 1 saturated heterocycles. The molecule has 0 bridgehead atoms. The van der Waals surface area contributed by atoms with Gasteiger partial charge in [0.25, 0.3) is 0 Å². The summed E-state index contributed by atoms with van der Waals surface area (Å²) in [5, 5.41) is 11.5. The molecule has 0 saturated carbocycles. The summed E-state index contributed by atoms with van der Waals surface area (Å²) in [5.74, 6) is -1.35. The van der Waals surface area contributed by atoms with Gasteiger partial charge in [-0.1, -0.05) is 25.0 Å². The van der Waals surface area contributed by atoms with Gasteiger partial charge in [0, 0.05) is 19.5 Å². The van der Waals surface area contributed by atoms with Gasteiger partial charge in [-0.2, -0.15) is 0 Å². The van der Waals surface area contributed by atoms with E-state index in [0.29, 0.717) is 19.5 Å². The second-order valence-corrected chi connectivity index (χ2v) is 6.01. The van der Waals surface area contributed by atoms with Gasteiger partial charge in [0.2, 0.25) is 5.91 Å². The summed E-state index contributed by atoms with van der Waals surface area (Å²) in [6.45, 7) is 1.10. The van der Waals surface area contributed by atoms with E-state index in [4.69, 9.17) is 5.11 Å². The molecular formula is C17H24FN3O3. The first kappa shape index (κ1) is 18.4. The number of rotatable bonds is 9. The third-order valence-corrected chi connectivity index (χ3v) is 4.16. The Bertz CT molecular complexity index is 551. The Labute approximate surface area is 140 Å². The van der Waals surface area contributed by atoms with E-state index in [1.54, 1.807) is 12.1 Å². The van der Waals surface area contributed by atoms with Crippen molar-refractivity contribution in [2.45, 2.75) is 38.1 Å². The largest absolute Gasteiger partial charge is 0.481 e. The molecule has 132 valence electrons. The highest BCUT2D eigenvalue weighted by atomic mass is 19.1. The van der Waals surface area contributed by atoms with E-state index in [0.717, 1.165) is 24.8 Å². The van der Waals surface area contributed by atoms with Crippen molar-refractivity contribution in [3.05, 3.63) is 35.6 Å². The van der Waals surface area contributed by atoms with Crippen molar-refractivity contribution in [3.8, 4) is 0 Å². The van der Waals surface area contributed by atoms with E-state index in [-0.39, 0.29) is 30.1 Å². The van der Waals surface area contributed by atoms with E-state index >= 15 is 0 Å². The van der Waals surface area contributed by atoms with Crippen LogP contribution in [-0.4, -0.2) is 30.1 Å². The van der Waals surface area contributed by atoms with Crippen LogP contribution in [0.5, 0.6) is 0 Å². The fourth-order valence-electron chi connectivity index (χ4n) is 2.82. The maximum absolute atomic E-state index is 13.0. The van der Waals surface area contributed by atoms with Crippen LogP contribution in [0.25, 0.3) is 0 Å². The Morgan fingerprint density at radius 3 is 2.58 bits per heavy atom. The predicted molar refractivity (Wildman–Crippen MR) is 87.5 cm³/mol. The van der Waals surface area contributed by atoms with Crippen LogP contribution in [0.3, 0.4) is 0 Å². The van der Waals surface area contributed by atoms with E-state index in [1.807, 2.05) is 0 Å². The molecule has 2 unspecified atom stereocenters. The SMILES string of the molecule is O=C(O)CCCCCCNC(=O)C1CNNC1c1ccc(F)cc1. The van der Waals surface area contributed by atoms with Gasteiger partial charge in [-0.15, -0.1) is 0 Å². The van der Waals surface area contributed by atoms with E-state index in [9.17, 15) is 14.0 Å². The number of benzene rings is 1. The van der Waals surface area contributed by atoms with Crippen molar-refractivity contribution < 1.29 is 19.1 Å². The smallest absolute Gasteiger partial charge is 0.303 e. The molecular weight excluding hydrogens is 313 g/mol. The Hall–Kier alpha value is -1.99. The molecule has 7 heteroatoms. The van der Waals surface area contributed by atoms with Gasteiger partial charge in [0.15, 0.2) is 0 Å². The van der Waals surface area contributed by atoms with Crippen molar-refractivity contribution in [2.24, 2.45) is 5.92 Å². The molecule has 1 heterocycles. The minimum Gasteiger partial charge on any atom is -0.481 e. The Balaban J connectivity index is 1.71. The summed E-state index contributed by atoms with van der Waals surface area (Å²) in [7, 11) is 0. The van der Waals surface area contributed by atoms with E-state index in [2.05, 4.69) is 16.2 Å². The lowest BCUT2D eigenvalue weighted by atomic mass is 9.94. The zero-order valence-corrected chi connectivity index (χ0v) is 13.6. The third-order valence-electron chi connectivity index (χ3n) is 4.16. The molecule has 1 aromatic carbocycles. The summed E-state index contributed by atoms with van der Waals surface area (Å²) in [6, 6.07) is 5.97. The Morgan fingerprint density at radius 2 is 1.88 bits per heavy atom. The lowest BCUT2D eigenvalue weighted by molar-refractivity contribution is -0.137. The highest BCUT2D eigenvalue weighted by Gasteiger charge is 2.33. The van der Waals surface area contributed by atoms with Gasteiger partial charge >= 0.3 is 5.97 Å². The molecule has 1 aliphatic rings. The van der Waals surface area contributed by atoms with Gasteiger partial charge in [-0.05, 0) is 30.5 Å². The Kier molecular flexibility index (Phi) is 7.14. The number of amides is 1. The first-order valence-corrected chi connectivity index (χ1v) is 8.31. The van der Waals surface area contributed by atoms with Crippen molar-refractivity contribution in [1.82, 2.24) is 16.2 Å². The third kappa shape index (κ3) is 5.58. The number of carboxylic acids is 1. The van der Waals surface area contributed by atoms with Crippen molar-refractivity contribution in [1.29, 1.82) is 0 Å². The van der Waals surface area contributed by atoms with Gasteiger partial charge in [-0.3, -0.25) is 15.0 Å². The number of hydrogen-bond donors (Lipinski definition) is 4. The quantitative estimate of drug-likeness (QED) is 0.515. The van der Waals surface area contributed by atoms with Crippen LogP contribution in [0.1, 0.15) is 43.7 Å². The molecule has 0 aromatic heterocycles. The molecule has 2 rings (SSSR count). The molecule has 1 fully saturated rings. The number of aliphatic carboxylic acids is 1. The number of nitrogens with one attached hydrogen (secondary N) is 3. The summed E-state index contributed by atoms with van der Waals surface area (Å²) in [4.78, 5) is 22.7. The lowest BCUT2D eigenvalue weighted by Crippen LogP contribution is -2.35. The zero-order chi connectivity index (χ0) is 17.4. The van der Waals surface area contributed by atoms with Crippen molar-refractivity contribution >= 4 is 11.9 Å². The average Bonchev–Trinajstić information content (AvgIpc) is 3.04. The number of carbonyl (C=O) groups is 2. The van der Waals surface area contributed by atoms with Crippen LogP contribution in [0.4, 0.5) is 4.39 Å². The molecule has 1 aliphatic heterocycles. The Morgan fingerprint density at radius 1 is 1.17 bits per heavy atom. The molecule has 0 aliphatic carbocycles. The standard InChI is InChI=1S/C17H24FN3O3/c18-13-8-6-12(7-9-13)16-14(11-20-21-16)17(24)19-10-4-2-1-3-5-15(22)23/h6-9,14,16,20-21H,1-5,10-11H2,(H,19,24)(H,22,23). The maximum Gasteiger partial charge on any atom is 0.303 e. The number of halogens is 1. The molecule has 4 N–H and O–H groups in total. The second-order valence-electron chi connectivity index (χ2n) is 6.01. The van der Waals surface area contributed by atoms with Crippen LogP contribution < -0.4 is 16.2 Å². The zero-order valence-electron chi connectivity index (χ0n) is 13.6. The molecule has 0 radical (unpaired) electrons.